The van der Waals surface area contributed by atoms with Crippen LogP contribution in [0.15, 0.2) is 66.0 Å². The first-order valence-electron chi connectivity index (χ1n) is 9.59. The standard InChI is InChI=1S/C23H23FN2OS/c24-20-6-1-4-18(14-20)19-5-2-7-21(15-19)25-23(27)17-9-11-26(12-10-17)16-22-8-3-13-28-22/h1-8,13-15,17H,9-12,16H2,(H,25,27). The molecule has 4 rings (SSSR count). The van der Waals surface area contributed by atoms with Crippen LogP contribution in [0.25, 0.3) is 11.1 Å². The molecule has 0 atom stereocenters. The van der Waals surface area contributed by atoms with Crippen molar-refractivity contribution in [1.82, 2.24) is 4.90 Å². The normalized spacial score (nSPS) is 15.5. The van der Waals surface area contributed by atoms with Crippen LogP contribution < -0.4 is 5.32 Å². The minimum absolute atomic E-state index is 0.0393. The molecule has 3 nitrogen and oxygen atoms in total. The number of rotatable bonds is 5. The van der Waals surface area contributed by atoms with Crippen molar-refractivity contribution >= 4 is 22.9 Å². The fourth-order valence-electron chi connectivity index (χ4n) is 3.67. The van der Waals surface area contributed by atoms with Crippen molar-refractivity contribution in [3.8, 4) is 11.1 Å². The van der Waals surface area contributed by atoms with E-state index in [1.54, 1.807) is 17.4 Å². The van der Waals surface area contributed by atoms with Gasteiger partial charge in [-0.2, -0.15) is 0 Å². The Kier molecular flexibility index (Phi) is 5.84. The molecular weight excluding hydrogens is 371 g/mol. The summed E-state index contributed by atoms with van der Waals surface area (Å²) in [4.78, 5) is 16.5. The van der Waals surface area contributed by atoms with Crippen molar-refractivity contribution in [2.45, 2.75) is 19.4 Å². The first-order valence-corrected chi connectivity index (χ1v) is 10.5. The molecule has 144 valence electrons. The number of nitrogens with zero attached hydrogens (tertiary/aromatic N) is 1. The van der Waals surface area contributed by atoms with Crippen LogP contribution in [0.3, 0.4) is 0 Å². The number of carbonyl (C=O) groups excluding carboxylic acids is 1. The fraction of sp³-hybridized carbons (Fsp3) is 0.261. The summed E-state index contributed by atoms with van der Waals surface area (Å²) in [5.41, 5.74) is 2.45. The highest BCUT2D eigenvalue weighted by Gasteiger charge is 2.25. The van der Waals surface area contributed by atoms with E-state index >= 15 is 0 Å². The van der Waals surface area contributed by atoms with Gasteiger partial charge in [-0.25, -0.2) is 4.39 Å². The topological polar surface area (TPSA) is 32.3 Å². The smallest absolute Gasteiger partial charge is 0.227 e. The molecule has 1 fully saturated rings. The summed E-state index contributed by atoms with van der Waals surface area (Å²) in [5.74, 6) is -0.147. The number of thiophene rings is 1. The number of halogens is 1. The van der Waals surface area contributed by atoms with Gasteiger partial charge in [0.15, 0.2) is 0 Å². The second-order valence-corrected chi connectivity index (χ2v) is 8.24. The summed E-state index contributed by atoms with van der Waals surface area (Å²) in [7, 11) is 0. The Labute approximate surface area is 168 Å². The van der Waals surface area contributed by atoms with E-state index in [4.69, 9.17) is 0 Å². The summed E-state index contributed by atoms with van der Waals surface area (Å²) >= 11 is 1.78. The van der Waals surface area contributed by atoms with Crippen LogP contribution in [0.5, 0.6) is 0 Å². The number of hydrogen-bond acceptors (Lipinski definition) is 3. The first kappa shape index (κ1) is 18.8. The predicted octanol–water partition coefficient (Wildman–Crippen LogP) is 5.40. The quantitative estimate of drug-likeness (QED) is 0.628. The van der Waals surface area contributed by atoms with Crippen molar-refractivity contribution in [3.05, 3.63) is 76.7 Å². The molecule has 0 saturated carbocycles. The molecule has 1 aliphatic heterocycles. The van der Waals surface area contributed by atoms with Gasteiger partial charge in [-0.1, -0.05) is 30.3 Å². The molecular formula is C23H23FN2OS. The molecule has 1 N–H and O–H groups in total. The van der Waals surface area contributed by atoms with Gasteiger partial charge in [0, 0.05) is 23.0 Å². The van der Waals surface area contributed by atoms with Crippen molar-refractivity contribution in [2.75, 3.05) is 18.4 Å². The number of piperidine rings is 1. The summed E-state index contributed by atoms with van der Waals surface area (Å²) in [6, 6.07) is 18.3. The summed E-state index contributed by atoms with van der Waals surface area (Å²) < 4.78 is 13.5. The molecule has 0 aliphatic carbocycles. The summed E-state index contributed by atoms with van der Waals surface area (Å²) in [5, 5.41) is 5.15. The zero-order valence-electron chi connectivity index (χ0n) is 15.6. The van der Waals surface area contributed by atoms with Gasteiger partial charge < -0.3 is 5.32 Å². The minimum atomic E-state index is -0.263. The molecule has 1 saturated heterocycles. The van der Waals surface area contributed by atoms with Crippen LogP contribution in [0.2, 0.25) is 0 Å². The number of likely N-dealkylation sites (tertiary alicyclic amines) is 1. The Balaban J connectivity index is 1.35. The third kappa shape index (κ3) is 4.66. The van der Waals surface area contributed by atoms with E-state index in [9.17, 15) is 9.18 Å². The molecule has 1 aromatic heterocycles. The summed E-state index contributed by atoms with van der Waals surface area (Å²) in [6.07, 6.45) is 1.75. The second-order valence-electron chi connectivity index (χ2n) is 7.21. The lowest BCUT2D eigenvalue weighted by Gasteiger charge is -2.30. The maximum Gasteiger partial charge on any atom is 0.227 e. The first-order chi connectivity index (χ1) is 13.7. The molecule has 2 aromatic carbocycles. The van der Waals surface area contributed by atoms with Gasteiger partial charge in [0.25, 0.3) is 0 Å². The average molecular weight is 395 g/mol. The predicted molar refractivity (Wildman–Crippen MR) is 113 cm³/mol. The second kappa shape index (κ2) is 8.67. The van der Waals surface area contributed by atoms with E-state index in [1.165, 1.54) is 17.0 Å². The maximum absolute atomic E-state index is 13.5. The highest BCUT2D eigenvalue weighted by atomic mass is 32.1. The van der Waals surface area contributed by atoms with Crippen molar-refractivity contribution in [3.63, 3.8) is 0 Å². The third-order valence-corrected chi connectivity index (χ3v) is 6.07. The van der Waals surface area contributed by atoms with E-state index in [1.807, 2.05) is 30.3 Å². The number of anilines is 1. The van der Waals surface area contributed by atoms with E-state index in [2.05, 4.69) is 27.7 Å². The third-order valence-electron chi connectivity index (χ3n) is 5.21. The Morgan fingerprint density at radius 2 is 1.79 bits per heavy atom. The molecule has 0 unspecified atom stereocenters. The highest BCUT2D eigenvalue weighted by Crippen LogP contribution is 2.25. The van der Waals surface area contributed by atoms with Crippen LogP contribution >= 0.6 is 11.3 Å². The van der Waals surface area contributed by atoms with Crippen molar-refractivity contribution < 1.29 is 9.18 Å². The molecule has 1 aliphatic rings. The zero-order valence-corrected chi connectivity index (χ0v) is 16.4. The van der Waals surface area contributed by atoms with Gasteiger partial charge in [-0.3, -0.25) is 9.69 Å². The van der Waals surface area contributed by atoms with Crippen molar-refractivity contribution in [2.24, 2.45) is 5.92 Å². The molecule has 3 aromatic rings. The molecule has 28 heavy (non-hydrogen) atoms. The molecule has 1 amide bonds. The van der Waals surface area contributed by atoms with Gasteiger partial charge in [0.1, 0.15) is 5.82 Å². The maximum atomic E-state index is 13.5. The Morgan fingerprint density at radius 1 is 1.04 bits per heavy atom. The minimum Gasteiger partial charge on any atom is -0.326 e. The van der Waals surface area contributed by atoms with Crippen LogP contribution in [0.4, 0.5) is 10.1 Å². The zero-order chi connectivity index (χ0) is 19.3. The number of carbonyl (C=O) groups is 1. The van der Waals surface area contributed by atoms with Gasteiger partial charge in [-0.15, -0.1) is 11.3 Å². The lowest BCUT2D eigenvalue weighted by atomic mass is 9.95. The van der Waals surface area contributed by atoms with E-state index < -0.39 is 0 Å². The molecule has 0 bridgehead atoms. The SMILES string of the molecule is O=C(Nc1cccc(-c2cccc(F)c2)c1)C1CCN(Cc2cccs2)CC1. The van der Waals surface area contributed by atoms with Crippen LogP contribution in [0.1, 0.15) is 17.7 Å². The lowest BCUT2D eigenvalue weighted by Crippen LogP contribution is -2.37. The Bertz CT molecular complexity index is 933. The molecule has 0 spiro atoms. The molecule has 2 heterocycles. The van der Waals surface area contributed by atoms with E-state index in [0.29, 0.717) is 0 Å². The Hall–Kier alpha value is -2.50. The highest BCUT2D eigenvalue weighted by molar-refractivity contribution is 7.09. The molecule has 5 heteroatoms. The van der Waals surface area contributed by atoms with Gasteiger partial charge in [0.05, 0.1) is 0 Å². The van der Waals surface area contributed by atoms with Crippen LogP contribution in [-0.4, -0.2) is 23.9 Å². The lowest BCUT2D eigenvalue weighted by molar-refractivity contribution is -0.121. The van der Waals surface area contributed by atoms with Gasteiger partial charge >= 0.3 is 0 Å². The number of amides is 1. The summed E-state index contributed by atoms with van der Waals surface area (Å²) in [6.45, 7) is 2.86. The number of hydrogen-bond donors (Lipinski definition) is 1. The largest absolute Gasteiger partial charge is 0.326 e. The number of benzene rings is 2. The van der Waals surface area contributed by atoms with Crippen molar-refractivity contribution in [1.29, 1.82) is 0 Å². The van der Waals surface area contributed by atoms with Crippen LogP contribution in [0, 0.1) is 11.7 Å². The monoisotopic (exact) mass is 394 g/mol. The van der Waals surface area contributed by atoms with Crippen LogP contribution in [-0.2, 0) is 11.3 Å². The van der Waals surface area contributed by atoms with Gasteiger partial charge in [-0.05, 0) is 72.8 Å². The molecule has 0 radical (unpaired) electrons. The number of nitrogens with one attached hydrogen (secondary N) is 1. The average Bonchev–Trinajstić information content (AvgIpc) is 3.22. The van der Waals surface area contributed by atoms with E-state index in [-0.39, 0.29) is 17.6 Å². The van der Waals surface area contributed by atoms with E-state index in [0.717, 1.165) is 49.3 Å². The van der Waals surface area contributed by atoms with Gasteiger partial charge in [0.2, 0.25) is 5.91 Å². The fourth-order valence-corrected chi connectivity index (χ4v) is 4.41. The Morgan fingerprint density at radius 3 is 2.50 bits per heavy atom.